The van der Waals surface area contributed by atoms with Gasteiger partial charge in [0.1, 0.15) is 5.82 Å². The summed E-state index contributed by atoms with van der Waals surface area (Å²) in [4.78, 5) is 46.7. The Morgan fingerprint density at radius 3 is 2.74 bits per heavy atom. The van der Waals surface area contributed by atoms with Gasteiger partial charge in [0.15, 0.2) is 0 Å². The number of hydrogen-bond donors (Lipinski definition) is 2. The number of carbonyl (C=O) groups is 3. The second kappa shape index (κ2) is 12.2. The summed E-state index contributed by atoms with van der Waals surface area (Å²) in [6.07, 6.45) is 5.63. The Morgan fingerprint density at radius 1 is 1.18 bits per heavy atom. The van der Waals surface area contributed by atoms with Crippen LogP contribution in [0, 0.1) is 0 Å². The number of pyridine rings is 2. The molecular weight excluding hydrogens is 492 g/mol. The van der Waals surface area contributed by atoms with Crippen LogP contribution in [0.2, 0.25) is 0 Å². The SMILES string of the molecule is CCOC(=O)CC(NC(=O)c1cnn(CCc2ccc3c(n2)N(C(=O)O)CCC3)c1)c1ccc(OC)nc1. The van der Waals surface area contributed by atoms with Gasteiger partial charge in [-0.3, -0.25) is 19.2 Å². The molecule has 2 amide bonds. The van der Waals surface area contributed by atoms with E-state index < -0.39 is 24.0 Å². The lowest BCUT2D eigenvalue weighted by atomic mass is 10.1. The third-order valence-corrected chi connectivity index (χ3v) is 6.17. The van der Waals surface area contributed by atoms with Gasteiger partial charge in [0.25, 0.3) is 5.91 Å². The van der Waals surface area contributed by atoms with Crippen LogP contribution in [0.15, 0.2) is 42.9 Å². The van der Waals surface area contributed by atoms with Crippen molar-refractivity contribution in [3.8, 4) is 5.88 Å². The Bertz CT molecular complexity index is 1290. The molecule has 0 saturated heterocycles. The van der Waals surface area contributed by atoms with Gasteiger partial charge in [-0.05, 0) is 37.0 Å². The average molecular weight is 523 g/mol. The van der Waals surface area contributed by atoms with E-state index in [0.29, 0.717) is 42.3 Å². The summed E-state index contributed by atoms with van der Waals surface area (Å²) < 4.78 is 11.8. The molecule has 1 aliphatic heterocycles. The summed E-state index contributed by atoms with van der Waals surface area (Å²) in [6.45, 7) is 2.83. The molecule has 0 spiro atoms. The largest absolute Gasteiger partial charge is 0.481 e. The number of nitrogens with zero attached hydrogens (tertiary/aromatic N) is 5. The summed E-state index contributed by atoms with van der Waals surface area (Å²) in [7, 11) is 1.50. The van der Waals surface area contributed by atoms with Crippen LogP contribution in [-0.4, -0.2) is 63.1 Å². The summed E-state index contributed by atoms with van der Waals surface area (Å²) in [6, 6.07) is 6.55. The Kier molecular flexibility index (Phi) is 8.51. The summed E-state index contributed by atoms with van der Waals surface area (Å²) in [5, 5.41) is 16.6. The molecule has 0 saturated carbocycles. The van der Waals surface area contributed by atoms with Crippen molar-refractivity contribution in [1.82, 2.24) is 25.1 Å². The maximum absolute atomic E-state index is 13.0. The number of rotatable bonds is 10. The van der Waals surface area contributed by atoms with Crippen LogP contribution < -0.4 is 15.0 Å². The van der Waals surface area contributed by atoms with Crippen LogP contribution in [-0.2, 0) is 28.9 Å². The number of aromatic nitrogens is 4. The smallest absolute Gasteiger partial charge is 0.413 e. The number of carboxylic acid groups (broad SMARTS) is 1. The van der Waals surface area contributed by atoms with Crippen molar-refractivity contribution in [2.45, 2.75) is 45.2 Å². The molecule has 0 radical (unpaired) electrons. The normalized spacial score (nSPS) is 13.4. The molecule has 200 valence electrons. The number of aryl methyl sites for hydroxylation is 3. The maximum atomic E-state index is 13.0. The van der Waals surface area contributed by atoms with Gasteiger partial charge in [-0.2, -0.15) is 5.10 Å². The van der Waals surface area contributed by atoms with Crippen molar-refractivity contribution < 1.29 is 29.0 Å². The molecule has 4 heterocycles. The predicted octanol–water partition coefficient (Wildman–Crippen LogP) is 2.78. The number of anilines is 1. The van der Waals surface area contributed by atoms with Crippen LogP contribution >= 0.6 is 0 Å². The number of fused-ring (bicyclic) bond motifs is 1. The number of esters is 1. The van der Waals surface area contributed by atoms with Crippen molar-refractivity contribution in [2.24, 2.45) is 0 Å². The van der Waals surface area contributed by atoms with Crippen LogP contribution in [0.5, 0.6) is 5.88 Å². The first kappa shape index (κ1) is 26.6. The number of carbonyl (C=O) groups excluding carboxylic acids is 2. The van der Waals surface area contributed by atoms with Gasteiger partial charge in [-0.15, -0.1) is 0 Å². The Labute approximate surface area is 219 Å². The second-order valence-electron chi connectivity index (χ2n) is 8.73. The van der Waals surface area contributed by atoms with Crippen LogP contribution in [0.1, 0.15) is 53.0 Å². The van der Waals surface area contributed by atoms with Crippen LogP contribution in [0.3, 0.4) is 0 Å². The lowest BCUT2D eigenvalue weighted by Crippen LogP contribution is -2.35. The number of ether oxygens (including phenoxy) is 2. The van der Waals surface area contributed by atoms with Gasteiger partial charge in [-0.1, -0.05) is 12.1 Å². The molecule has 2 N–H and O–H groups in total. The molecule has 1 atom stereocenters. The van der Waals surface area contributed by atoms with Crippen LogP contribution in [0.25, 0.3) is 0 Å². The highest BCUT2D eigenvalue weighted by molar-refractivity contribution is 5.94. The van der Waals surface area contributed by atoms with Crippen molar-refractivity contribution >= 4 is 23.8 Å². The predicted molar refractivity (Wildman–Crippen MR) is 136 cm³/mol. The third-order valence-electron chi connectivity index (χ3n) is 6.17. The van der Waals surface area contributed by atoms with Crippen molar-refractivity contribution in [3.05, 3.63) is 65.2 Å². The monoisotopic (exact) mass is 522 g/mol. The minimum absolute atomic E-state index is 0.0565. The Balaban J connectivity index is 1.41. The molecule has 3 aromatic heterocycles. The fourth-order valence-electron chi connectivity index (χ4n) is 4.24. The summed E-state index contributed by atoms with van der Waals surface area (Å²) in [5.41, 5.74) is 2.62. The van der Waals surface area contributed by atoms with Crippen LogP contribution in [0.4, 0.5) is 10.6 Å². The first-order valence-electron chi connectivity index (χ1n) is 12.4. The van der Waals surface area contributed by atoms with Gasteiger partial charge < -0.3 is 19.9 Å². The Morgan fingerprint density at radius 2 is 2.03 bits per heavy atom. The zero-order valence-electron chi connectivity index (χ0n) is 21.3. The van der Waals surface area contributed by atoms with E-state index in [-0.39, 0.29) is 13.0 Å². The summed E-state index contributed by atoms with van der Waals surface area (Å²) in [5.74, 6) is 0.0662. The van der Waals surface area contributed by atoms with E-state index >= 15 is 0 Å². The van der Waals surface area contributed by atoms with Gasteiger partial charge in [0.2, 0.25) is 5.88 Å². The highest BCUT2D eigenvalue weighted by atomic mass is 16.5. The maximum Gasteiger partial charge on any atom is 0.413 e. The van der Waals surface area contributed by atoms with E-state index in [4.69, 9.17) is 9.47 Å². The lowest BCUT2D eigenvalue weighted by molar-refractivity contribution is -0.143. The topological polar surface area (TPSA) is 149 Å². The van der Waals surface area contributed by atoms with Gasteiger partial charge in [0, 0.05) is 43.7 Å². The van der Waals surface area contributed by atoms with E-state index in [1.165, 1.54) is 18.2 Å². The molecule has 1 aliphatic rings. The van der Waals surface area contributed by atoms with E-state index in [0.717, 1.165) is 24.1 Å². The van der Waals surface area contributed by atoms with E-state index in [2.05, 4.69) is 20.4 Å². The molecule has 12 nitrogen and oxygen atoms in total. The van der Waals surface area contributed by atoms with E-state index in [9.17, 15) is 19.5 Å². The third kappa shape index (κ3) is 6.44. The molecule has 0 aromatic carbocycles. The first-order valence-corrected chi connectivity index (χ1v) is 12.4. The fraction of sp³-hybridized carbons (Fsp3) is 0.385. The standard InChI is InChI=1S/C26H30N6O6/c1-3-38-23(33)13-21(18-7-9-22(37-2)27-14-18)30-25(34)19-15-28-31(16-19)12-10-20-8-6-17-5-4-11-32(26(35)36)24(17)29-20/h6-9,14-16,21H,3-5,10-13H2,1-2H3,(H,30,34)(H,35,36). The number of nitrogens with one attached hydrogen (secondary N) is 1. The molecule has 0 fully saturated rings. The van der Waals surface area contributed by atoms with Gasteiger partial charge >= 0.3 is 12.1 Å². The second-order valence-corrected chi connectivity index (χ2v) is 8.73. The highest BCUT2D eigenvalue weighted by Gasteiger charge is 2.24. The molecule has 1 unspecified atom stereocenters. The molecule has 12 heteroatoms. The fourth-order valence-corrected chi connectivity index (χ4v) is 4.24. The number of methoxy groups -OCH3 is 1. The van der Waals surface area contributed by atoms with Crippen molar-refractivity contribution in [3.63, 3.8) is 0 Å². The molecule has 3 aromatic rings. The number of hydrogen-bond acceptors (Lipinski definition) is 8. The van der Waals surface area contributed by atoms with E-state index in [1.807, 2.05) is 12.1 Å². The lowest BCUT2D eigenvalue weighted by Gasteiger charge is -2.26. The molecule has 0 aliphatic carbocycles. The molecular formula is C26H30N6O6. The molecule has 4 rings (SSSR count). The van der Waals surface area contributed by atoms with Gasteiger partial charge in [0.05, 0.1) is 37.9 Å². The molecule has 0 bridgehead atoms. The number of amides is 2. The van der Waals surface area contributed by atoms with Gasteiger partial charge in [-0.25, -0.2) is 14.8 Å². The minimum Gasteiger partial charge on any atom is -0.481 e. The van der Waals surface area contributed by atoms with Crippen molar-refractivity contribution in [2.75, 3.05) is 25.2 Å². The average Bonchev–Trinajstić information content (AvgIpc) is 3.40. The zero-order valence-corrected chi connectivity index (χ0v) is 21.3. The first-order chi connectivity index (χ1) is 18.4. The molecule has 38 heavy (non-hydrogen) atoms. The highest BCUT2D eigenvalue weighted by Crippen LogP contribution is 2.25. The van der Waals surface area contributed by atoms with Crippen molar-refractivity contribution in [1.29, 1.82) is 0 Å². The Hall–Kier alpha value is -4.48. The minimum atomic E-state index is -1.01. The van der Waals surface area contributed by atoms with E-state index in [1.54, 1.807) is 36.1 Å². The quantitative estimate of drug-likeness (QED) is 0.383. The zero-order chi connectivity index (χ0) is 27.1. The summed E-state index contributed by atoms with van der Waals surface area (Å²) >= 11 is 0.